The third-order valence-electron chi connectivity index (χ3n) is 6.38. The Morgan fingerprint density at radius 1 is 1.03 bits per heavy atom. The molecule has 2 atom stereocenters. The molecule has 36 heavy (non-hydrogen) atoms. The quantitative estimate of drug-likeness (QED) is 0.401. The van der Waals surface area contributed by atoms with Gasteiger partial charge in [-0.2, -0.15) is 0 Å². The minimum absolute atomic E-state index is 0.171. The number of ether oxygens (including phenoxy) is 1. The van der Waals surface area contributed by atoms with Gasteiger partial charge in [-0.1, -0.05) is 54.1 Å². The summed E-state index contributed by atoms with van der Waals surface area (Å²) >= 11 is 0. The van der Waals surface area contributed by atoms with Gasteiger partial charge in [0.25, 0.3) is 0 Å². The molecule has 3 aromatic carbocycles. The van der Waals surface area contributed by atoms with Crippen LogP contribution in [-0.2, 0) is 4.74 Å². The van der Waals surface area contributed by atoms with E-state index in [2.05, 4.69) is 4.90 Å². The lowest BCUT2D eigenvalue weighted by Gasteiger charge is -2.22. The molecule has 1 saturated heterocycles. The van der Waals surface area contributed by atoms with Gasteiger partial charge in [0, 0.05) is 6.54 Å². The highest BCUT2D eigenvalue weighted by molar-refractivity contribution is 5.90. The van der Waals surface area contributed by atoms with E-state index < -0.39 is 12.1 Å². The lowest BCUT2D eigenvalue weighted by molar-refractivity contribution is -0.0131. The molecule has 1 fully saturated rings. The van der Waals surface area contributed by atoms with Crippen LogP contribution in [0, 0.1) is 19.7 Å². The van der Waals surface area contributed by atoms with E-state index in [1.165, 1.54) is 25.0 Å². The zero-order valence-corrected chi connectivity index (χ0v) is 21.3. The topological polar surface area (TPSA) is 70.0 Å². The van der Waals surface area contributed by atoms with E-state index >= 15 is 0 Å². The van der Waals surface area contributed by atoms with Gasteiger partial charge >= 0.3 is 5.97 Å². The molecular weight excluding hydrogens is 457 g/mol. The summed E-state index contributed by atoms with van der Waals surface area (Å²) in [6, 6.07) is 19.8. The average Bonchev–Trinajstić information content (AvgIpc) is 3.37. The third-order valence-corrected chi connectivity index (χ3v) is 6.38. The Labute approximate surface area is 213 Å². The van der Waals surface area contributed by atoms with Crippen LogP contribution in [0.1, 0.15) is 52.9 Å². The number of nitrogens with zero attached hydrogens (tertiary/aromatic N) is 1. The second-order valence-corrected chi connectivity index (χ2v) is 9.35. The molecule has 0 spiro atoms. The summed E-state index contributed by atoms with van der Waals surface area (Å²) in [7, 11) is 0. The number of aliphatic hydroxyl groups excluding tert-OH is 1. The maximum absolute atomic E-state index is 12.1. The van der Waals surface area contributed by atoms with Gasteiger partial charge in [0.05, 0.1) is 24.4 Å². The Bertz CT molecular complexity index is 1110. The molecule has 1 aliphatic heterocycles. The molecule has 1 aliphatic rings. The van der Waals surface area contributed by atoms with E-state index in [0.717, 1.165) is 40.9 Å². The normalized spacial score (nSPS) is 15.1. The van der Waals surface area contributed by atoms with Crippen molar-refractivity contribution in [1.82, 2.24) is 4.90 Å². The molecule has 1 heterocycles. The molecule has 2 N–H and O–H groups in total. The van der Waals surface area contributed by atoms with Crippen LogP contribution >= 0.6 is 0 Å². The van der Waals surface area contributed by atoms with Crippen LogP contribution in [0.2, 0.25) is 0 Å². The number of aryl methyl sites for hydroxylation is 2. The Balaban J connectivity index is 0.000000383. The first-order chi connectivity index (χ1) is 17.2. The zero-order valence-electron chi connectivity index (χ0n) is 21.3. The summed E-state index contributed by atoms with van der Waals surface area (Å²) in [5.74, 6) is -1.09. The molecule has 0 amide bonds. The summed E-state index contributed by atoms with van der Waals surface area (Å²) < 4.78 is 18.1. The van der Waals surface area contributed by atoms with Crippen molar-refractivity contribution in [2.45, 2.75) is 45.8 Å². The van der Waals surface area contributed by atoms with E-state index in [1.807, 2.05) is 57.2 Å². The van der Waals surface area contributed by atoms with Gasteiger partial charge in [-0.15, -0.1) is 0 Å². The number of hydrogen-bond acceptors (Lipinski definition) is 4. The maximum atomic E-state index is 12.1. The van der Waals surface area contributed by atoms with Gasteiger partial charge in [-0.3, -0.25) is 0 Å². The Morgan fingerprint density at radius 2 is 1.69 bits per heavy atom. The lowest BCUT2D eigenvalue weighted by Crippen LogP contribution is -2.33. The number of aromatic carboxylic acids is 1. The van der Waals surface area contributed by atoms with Gasteiger partial charge in [0.1, 0.15) is 5.82 Å². The van der Waals surface area contributed by atoms with Crippen LogP contribution in [0.25, 0.3) is 11.1 Å². The Hall–Kier alpha value is -3.06. The van der Waals surface area contributed by atoms with Crippen molar-refractivity contribution in [2.75, 3.05) is 26.2 Å². The van der Waals surface area contributed by atoms with Crippen LogP contribution in [0.4, 0.5) is 4.39 Å². The molecule has 0 aliphatic carbocycles. The van der Waals surface area contributed by atoms with Gasteiger partial charge in [0.15, 0.2) is 0 Å². The first-order valence-electron chi connectivity index (χ1n) is 12.4. The van der Waals surface area contributed by atoms with E-state index in [0.29, 0.717) is 18.7 Å². The van der Waals surface area contributed by atoms with E-state index in [9.17, 15) is 19.4 Å². The van der Waals surface area contributed by atoms with Crippen molar-refractivity contribution < 1.29 is 24.1 Å². The van der Waals surface area contributed by atoms with Crippen molar-refractivity contribution in [3.63, 3.8) is 0 Å². The Kier molecular flexibility index (Phi) is 10.2. The van der Waals surface area contributed by atoms with Gasteiger partial charge in [0.2, 0.25) is 0 Å². The third kappa shape index (κ3) is 7.98. The number of benzene rings is 3. The van der Waals surface area contributed by atoms with Crippen molar-refractivity contribution in [3.8, 4) is 11.1 Å². The molecule has 5 nitrogen and oxygen atoms in total. The average molecular weight is 494 g/mol. The van der Waals surface area contributed by atoms with E-state index in [1.54, 1.807) is 18.2 Å². The highest BCUT2D eigenvalue weighted by Crippen LogP contribution is 2.31. The smallest absolute Gasteiger partial charge is 0.335 e. The second kappa shape index (κ2) is 13.3. The van der Waals surface area contributed by atoms with Crippen molar-refractivity contribution in [2.24, 2.45) is 0 Å². The minimum atomic E-state index is -0.916. The maximum Gasteiger partial charge on any atom is 0.335 e. The van der Waals surface area contributed by atoms with Crippen molar-refractivity contribution >= 4 is 5.97 Å². The number of aliphatic hydroxyl groups is 1. The highest BCUT2D eigenvalue weighted by Gasteiger charge is 2.18. The van der Waals surface area contributed by atoms with Crippen LogP contribution in [0.3, 0.4) is 0 Å². The minimum Gasteiger partial charge on any atom is -0.478 e. The van der Waals surface area contributed by atoms with Crippen LogP contribution in [0.15, 0.2) is 66.7 Å². The summed E-state index contributed by atoms with van der Waals surface area (Å²) in [6.07, 6.45) is 1.74. The monoisotopic (exact) mass is 493 g/mol. The summed E-state index contributed by atoms with van der Waals surface area (Å²) in [6.45, 7) is 8.79. The Morgan fingerprint density at radius 3 is 2.31 bits per heavy atom. The molecule has 2 unspecified atom stereocenters. The second-order valence-electron chi connectivity index (χ2n) is 9.35. The molecule has 0 aromatic heterocycles. The van der Waals surface area contributed by atoms with Gasteiger partial charge in [-0.25, -0.2) is 9.18 Å². The van der Waals surface area contributed by atoms with Crippen molar-refractivity contribution in [1.29, 1.82) is 0 Å². The number of carbonyl (C=O) groups is 1. The predicted molar refractivity (Wildman–Crippen MR) is 141 cm³/mol. The van der Waals surface area contributed by atoms with Crippen molar-refractivity contribution in [3.05, 3.63) is 94.8 Å². The fourth-order valence-corrected chi connectivity index (χ4v) is 4.38. The number of rotatable bonds is 8. The number of carboxylic acid groups (broad SMARTS) is 1. The zero-order chi connectivity index (χ0) is 26.1. The molecule has 0 radical (unpaired) electrons. The number of likely N-dealkylation sites (tertiary alicyclic amines) is 1. The van der Waals surface area contributed by atoms with Crippen LogP contribution in [0.5, 0.6) is 0 Å². The van der Waals surface area contributed by atoms with Gasteiger partial charge in [-0.05, 0) is 87.2 Å². The predicted octanol–water partition coefficient (Wildman–Crippen LogP) is 6.03. The lowest BCUT2D eigenvalue weighted by atomic mass is 9.94. The van der Waals surface area contributed by atoms with E-state index in [4.69, 9.17) is 4.74 Å². The fourth-order valence-electron chi connectivity index (χ4n) is 4.38. The molecular formula is C30H36FNO4. The summed E-state index contributed by atoms with van der Waals surface area (Å²) in [5.41, 5.74) is 5.14. The highest BCUT2D eigenvalue weighted by atomic mass is 19.1. The molecule has 3 aromatic rings. The molecule has 0 bridgehead atoms. The molecule has 0 saturated carbocycles. The van der Waals surface area contributed by atoms with E-state index in [-0.39, 0.29) is 11.9 Å². The first kappa shape index (κ1) is 27.5. The van der Waals surface area contributed by atoms with Crippen LogP contribution in [-0.4, -0.2) is 53.4 Å². The summed E-state index contributed by atoms with van der Waals surface area (Å²) in [5, 5.41) is 19.5. The number of carboxylic acids is 1. The molecule has 4 rings (SSSR count). The number of β-amino-alcohol motifs (C(OH)–C–C–N with tert-alkyl or cyclic N) is 1. The summed E-state index contributed by atoms with van der Waals surface area (Å²) in [4.78, 5) is 13.5. The number of hydrogen-bond donors (Lipinski definition) is 2. The largest absolute Gasteiger partial charge is 0.478 e. The first-order valence-corrected chi connectivity index (χ1v) is 12.4. The molecule has 6 heteroatoms. The van der Waals surface area contributed by atoms with Crippen LogP contribution < -0.4 is 0 Å². The SMILES string of the molecule is Cc1cc(-c2ccccc2C(C)OCC(O)CN2CCCC2)ccc1C(=O)O.Cc1ccc(F)cc1. The molecule has 192 valence electrons. The van der Waals surface area contributed by atoms with Gasteiger partial charge < -0.3 is 19.8 Å². The standard InChI is InChI=1S/C23H29NO4.C7H7F/c1-16-13-18(9-10-20(16)23(26)27)22-8-4-3-7-21(22)17(2)28-15-19(25)14-24-11-5-6-12-24;1-6-2-4-7(8)5-3-6/h3-4,7-10,13,17,19,25H,5-6,11-12,14-15H2,1-2H3,(H,26,27);2-5H,1H3. The fraction of sp³-hybridized carbons (Fsp3) is 0.367. The number of halogens is 1.